The molecule has 2 N–H and O–H groups in total. The predicted octanol–water partition coefficient (Wildman–Crippen LogP) is 3.98. The van der Waals surface area contributed by atoms with Gasteiger partial charge in [0.2, 0.25) is 5.60 Å². The largest absolute Gasteiger partial charge is 0.481 e. The molecule has 0 radical (unpaired) electrons. The molecular weight excluding hydrogens is 557 g/mol. The van der Waals surface area contributed by atoms with Gasteiger partial charge in [0.25, 0.3) is 11.8 Å². The molecular formula is C33H40BN5O5. The highest BCUT2D eigenvalue weighted by molar-refractivity contribution is 6.48. The Labute approximate surface area is 258 Å². The summed E-state index contributed by atoms with van der Waals surface area (Å²) in [5, 5.41) is 10.5. The van der Waals surface area contributed by atoms with Gasteiger partial charge in [0.15, 0.2) is 0 Å². The summed E-state index contributed by atoms with van der Waals surface area (Å²) in [4.78, 5) is 37.5. The molecule has 3 saturated carbocycles. The molecule has 4 fully saturated rings. The zero-order valence-corrected chi connectivity index (χ0v) is 25.8. The third-order valence-corrected chi connectivity index (χ3v) is 10.8. The molecule has 1 unspecified atom stereocenters. The summed E-state index contributed by atoms with van der Waals surface area (Å²) in [6.45, 7) is 9.04. The van der Waals surface area contributed by atoms with Gasteiger partial charge in [-0.15, -0.1) is 0 Å². The molecule has 4 heterocycles. The lowest BCUT2D eigenvalue weighted by atomic mass is 9.43. The Bertz CT molecular complexity index is 1610. The number of carbonyl (C=O) groups is 2. The molecule has 8 rings (SSSR count). The third-order valence-electron chi connectivity index (χ3n) is 10.8. The zero-order valence-electron chi connectivity index (χ0n) is 25.8. The van der Waals surface area contributed by atoms with Crippen molar-refractivity contribution >= 4 is 30.3 Å². The van der Waals surface area contributed by atoms with Crippen LogP contribution in [0.1, 0.15) is 69.3 Å². The number of imidazole rings is 1. The Hall–Kier alpha value is -3.70. The van der Waals surface area contributed by atoms with Crippen molar-refractivity contribution in [2.24, 2.45) is 22.4 Å². The van der Waals surface area contributed by atoms with E-state index in [2.05, 4.69) is 41.5 Å². The maximum Gasteiger partial charge on any atom is 0.481 e. The minimum atomic E-state index is -1.27. The normalized spacial score (nSPS) is 30.6. The fourth-order valence-corrected chi connectivity index (χ4v) is 8.00. The summed E-state index contributed by atoms with van der Waals surface area (Å²) in [5.74, 6) is 0.197. The van der Waals surface area contributed by atoms with E-state index in [4.69, 9.17) is 14.1 Å². The van der Waals surface area contributed by atoms with Crippen molar-refractivity contribution in [1.29, 1.82) is 0 Å². The van der Waals surface area contributed by atoms with Crippen molar-refractivity contribution < 1.29 is 23.7 Å². The Morgan fingerprint density at radius 2 is 1.93 bits per heavy atom. The predicted molar refractivity (Wildman–Crippen MR) is 166 cm³/mol. The molecule has 2 aliphatic heterocycles. The quantitative estimate of drug-likeness (QED) is 0.361. The van der Waals surface area contributed by atoms with Crippen LogP contribution in [-0.4, -0.2) is 63.8 Å². The number of hydrogen-bond acceptors (Lipinski definition) is 7. The van der Waals surface area contributed by atoms with Gasteiger partial charge in [-0.3, -0.25) is 9.59 Å². The molecule has 2 aromatic heterocycles. The summed E-state index contributed by atoms with van der Waals surface area (Å²) >= 11 is 0. The van der Waals surface area contributed by atoms with Gasteiger partial charge < -0.3 is 29.2 Å². The van der Waals surface area contributed by atoms with Crippen LogP contribution >= 0.6 is 0 Å². The number of rotatable bonds is 9. The average molecular weight is 598 g/mol. The summed E-state index contributed by atoms with van der Waals surface area (Å²) in [6.07, 6.45) is 8.68. The van der Waals surface area contributed by atoms with Crippen molar-refractivity contribution in [3.05, 3.63) is 72.2 Å². The van der Waals surface area contributed by atoms with Gasteiger partial charge >= 0.3 is 7.12 Å². The molecule has 2 amide bonds. The van der Waals surface area contributed by atoms with Gasteiger partial charge in [-0.05, 0) is 61.1 Å². The zero-order chi connectivity index (χ0) is 30.7. The van der Waals surface area contributed by atoms with E-state index in [0.29, 0.717) is 41.6 Å². The van der Waals surface area contributed by atoms with Crippen molar-refractivity contribution in [3.8, 4) is 0 Å². The van der Waals surface area contributed by atoms with Crippen molar-refractivity contribution in [2.75, 3.05) is 6.54 Å². The Kier molecular flexibility index (Phi) is 7.08. The fourth-order valence-electron chi connectivity index (χ4n) is 8.00. The van der Waals surface area contributed by atoms with E-state index in [1.54, 1.807) is 28.9 Å². The second-order valence-electron chi connectivity index (χ2n) is 13.7. The molecule has 2 bridgehead atoms. The van der Waals surface area contributed by atoms with E-state index in [1.165, 1.54) is 6.42 Å². The summed E-state index contributed by atoms with van der Waals surface area (Å²) in [5.41, 5.74) is 1.18. The van der Waals surface area contributed by atoms with Crippen LogP contribution in [0.5, 0.6) is 0 Å². The van der Waals surface area contributed by atoms with Crippen LogP contribution < -0.4 is 10.6 Å². The molecule has 3 aromatic rings. The van der Waals surface area contributed by atoms with Crippen LogP contribution in [0.4, 0.5) is 0 Å². The van der Waals surface area contributed by atoms with Crippen LogP contribution in [0.2, 0.25) is 0 Å². The van der Waals surface area contributed by atoms with Crippen LogP contribution in [0.25, 0.3) is 5.65 Å². The lowest BCUT2D eigenvalue weighted by Gasteiger charge is -2.64. The van der Waals surface area contributed by atoms with Crippen molar-refractivity contribution in [2.45, 2.75) is 83.0 Å². The van der Waals surface area contributed by atoms with Crippen molar-refractivity contribution in [3.63, 3.8) is 0 Å². The van der Waals surface area contributed by atoms with Gasteiger partial charge in [-0.2, -0.15) is 0 Å². The van der Waals surface area contributed by atoms with Gasteiger partial charge in [0.1, 0.15) is 5.65 Å². The smallest absolute Gasteiger partial charge is 0.404 e. The number of hydrogen-bond donors (Lipinski definition) is 2. The first kappa shape index (κ1) is 29.0. The van der Waals surface area contributed by atoms with Gasteiger partial charge in [0, 0.05) is 31.4 Å². The minimum Gasteiger partial charge on any atom is -0.404 e. The Morgan fingerprint density at radius 1 is 1.11 bits per heavy atom. The highest BCUT2D eigenvalue weighted by Crippen LogP contribution is 2.65. The molecule has 6 atom stereocenters. The second kappa shape index (κ2) is 10.7. The summed E-state index contributed by atoms with van der Waals surface area (Å²) < 4.78 is 15.0. The number of carbonyl (C=O) groups excluding carboxylic acids is 2. The average Bonchev–Trinajstić information content (AvgIpc) is 3.75. The fraction of sp³-hybridized carbons (Fsp3) is 0.515. The first-order valence-electron chi connectivity index (χ1n) is 15.7. The van der Waals surface area contributed by atoms with E-state index >= 15 is 0 Å². The molecule has 11 heteroatoms. The van der Waals surface area contributed by atoms with E-state index in [9.17, 15) is 9.59 Å². The van der Waals surface area contributed by atoms with Crippen molar-refractivity contribution in [1.82, 2.24) is 20.0 Å². The maximum absolute atomic E-state index is 14.2. The molecule has 5 aliphatic rings. The van der Waals surface area contributed by atoms with Crippen LogP contribution in [-0.2, 0) is 25.4 Å². The lowest BCUT2D eigenvalue weighted by Crippen LogP contribution is -2.65. The first-order chi connectivity index (χ1) is 21.1. The molecule has 1 aromatic carbocycles. The minimum absolute atomic E-state index is 0.0302. The molecule has 1 saturated heterocycles. The molecule has 230 valence electrons. The monoisotopic (exact) mass is 597 g/mol. The standard InChI is InChI=1S/C33H40BN5O5/c1-5-27(34-42-26-17-22-16-25(31(22,2)3)32(26,4)43-34)37-30(41)33(18-21-10-7-6-8-11-21)19-23(38-44-33)20-36-29(40)24-12-9-14-39-15-13-35-28(24)39/h6-15,22,25-27H,5,16-20H2,1-4H3,(H,36,40)(H,37,41)/t22-,25-,26+,27-,32-,33?/m0/s1. The number of fused-ring (bicyclic) bond motifs is 1. The second-order valence-corrected chi connectivity index (χ2v) is 13.7. The Balaban J connectivity index is 1.05. The van der Waals surface area contributed by atoms with E-state index in [1.807, 2.05) is 43.5 Å². The lowest BCUT2D eigenvalue weighted by molar-refractivity contribution is -0.199. The van der Waals surface area contributed by atoms with Crippen LogP contribution in [0, 0.1) is 17.3 Å². The third kappa shape index (κ3) is 4.72. The summed E-state index contributed by atoms with van der Waals surface area (Å²) in [6, 6.07) is 13.3. The van der Waals surface area contributed by atoms with E-state index in [-0.39, 0.29) is 47.8 Å². The van der Waals surface area contributed by atoms with Gasteiger partial charge in [-0.25, -0.2) is 4.98 Å². The number of nitrogens with zero attached hydrogens (tertiary/aromatic N) is 3. The molecule has 3 aliphatic carbocycles. The molecule has 10 nitrogen and oxygen atoms in total. The number of oxime groups is 1. The Morgan fingerprint density at radius 3 is 2.70 bits per heavy atom. The van der Waals surface area contributed by atoms with Gasteiger partial charge in [0.05, 0.1) is 35.5 Å². The first-order valence-corrected chi connectivity index (χ1v) is 15.7. The molecule has 44 heavy (non-hydrogen) atoms. The SMILES string of the molecule is CC[C@H](NC(=O)C1(Cc2ccccc2)CC(CNC(=O)c2cccn3ccnc23)=NO1)B1O[C@@H]2C[C@@H]3C[C@@H](C3(C)C)[C@]2(C)O1. The topological polar surface area (TPSA) is 116 Å². The number of nitrogens with one attached hydrogen (secondary N) is 2. The number of benzene rings is 1. The number of pyridine rings is 1. The van der Waals surface area contributed by atoms with E-state index < -0.39 is 12.7 Å². The number of amides is 2. The molecule has 0 spiro atoms. The summed E-state index contributed by atoms with van der Waals surface area (Å²) in [7, 11) is -0.533. The highest BCUT2D eigenvalue weighted by atomic mass is 16.7. The maximum atomic E-state index is 14.2. The van der Waals surface area contributed by atoms with Gasteiger partial charge in [-0.1, -0.05) is 56.3 Å². The highest BCUT2D eigenvalue weighted by Gasteiger charge is 2.68. The number of aromatic nitrogens is 2. The van der Waals surface area contributed by atoms with Crippen LogP contribution in [0.3, 0.4) is 0 Å². The van der Waals surface area contributed by atoms with E-state index in [0.717, 1.165) is 12.0 Å². The van der Waals surface area contributed by atoms with Crippen LogP contribution in [0.15, 0.2) is 66.2 Å².